The van der Waals surface area contributed by atoms with E-state index in [1.807, 2.05) is 0 Å². The molecule has 4 aromatic rings. The average Bonchev–Trinajstić information content (AvgIpc) is 2.86. The van der Waals surface area contributed by atoms with E-state index in [0.717, 1.165) is 11.5 Å². The molecule has 1 heterocycles. The third kappa shape index (κ3) is 3.02. The fourth-order valence-electron chi connectivity index (χ4n) is 4.76. The van der Waals surface area contributed by atoms with Gasteiger partial charge in [0.2, 0.25) is 0 Å². The largest absolute Gasteiger partial charge is 0.142 e. The van der Waals surface area contributed by atoms with Crippen LogP contribution in [0.4, 0.5) is 0 Å². The zero-order valence-electron chi connectivity index (χ0n) is 16.8. The Hall–Kier alpha value is -2.42. The van der Waals surface area contributed by atoms with Crippen LogP contribution in [0, 0.1) is 0 Å². The quantitative estimate of drug-likeness (QED) is 0.336. The van der Waals surface area contributed by atoms with Gasteiger partial charge in [-0.3, -0.25) is 0 Å². The molecule has 0 atom stereocenters. The summed E-state index contributed by atoms with van der Waals surface area (Å²) in [5.41, 5.74) is 5.45. The third-order valence-corrected chi connectivity index (χ3v) is 9.56. The molecule has 0 unspecified atom stereocenters. The molecule has 4 aromatic carbocycles. The maximum absolute atomic E-state index is 2.31. The summed E-state index contributed by atoms with van der Waals surface area (Å²) in [4.78, 5) is 0. The van der Waals surface area contributed by atoms with Crippen molar-refractivity contribution >= 4 is 23.5 Å². The Morgan fingerprint density at radius 1 is 0.367 bits per heavy atom. The molecule has 0 saturated carbocycles. The van der Waals surface area contributed by atoms with E-state index >= 15 is 0 Å². The Balaban J connectivity index is 1.92. The van der Waals surface area contributed by atoms with Crippen LogP contribution < -0.4 is 0 Å². The minimum absolute atomic E-state index is 0.235. The number of hydrogen-bond acceptors (Lipinski definition) is 2. The predicted molar refractivity (Wildman–Crippen MR) is 132 cm³/mol. The molecular formula is C28H24S2. The highest BCUT2D eigenvalue weighted by molar-refractivity contribution is 8.07. The van der Waals surface area contributed by atoms with E-state index in [1.54, 1.807) is 0 Å². The monoisotopic (exact) mass is 424 g/mol. The Morgan fingerprint density at radius 2 is 0.600 bits per heavy atom. The zero-order valence-corrected chi connectivity index (χ0v) is 18.4. The molecule has 0 nitrogen and oxygen atoms in total. The van der Waals surface area contributed by atoms with Crippen LogP contribution in [-0.4, -0.2) is 11.5 Å². The predicted octanol–water partition coefficient (Wildman–Crippen LogP) is 7.35. The van der Waals surface area contributed by atoms with Crippen LogP contribution in [0.1, 0.15) is 22.3 Å². The van der Waals surface area contributed by atoms with Gasteiger partial charge in [0, 0.05) is 11.5 Å². The molecule has 2 heteroatoms. The van der Waals surface area contributed by atoms with E-state index in [4.69, 9.17) is 0 Å². The Morgan fingerprint density at radius 3 is 0.833 bits per heavy atom. The average molecular weight is 425 g/mol. The normalized spacial score (nSPS) is 17.3. The summed E-state index contributed by atoms with van der Waals surface area (Å²) in [6.07, 6.45) is 0. The second kappa shape index (κ2) is 8.37. The summed E-state index contributed by atoms with van der Waals surface area (Å²) >= 11 is 4.19. The summed E-state index contributed by atoms with van der Waals surface area (Å²) in [6, 6.07) is 44.4. The van der Waals surface area contributed by atoms with Crippen molar-refractivity contribution < 1.29 is 0 Å². The van der Waals surface area contributed by atoms with Gasteiger partial charge in [-0.05, 0) is 22.3 Å². The second-order valence-corrected chi connectivity index (χ2v) is 10.1. The lowest BCUT2D eigenvalue weighted by atomic mass is 9.72. The van der Waals surface area contributed by atoms with Gasteiger partial charge in [-0.1, -0.05) is 121 Å². The van der Waals surface area contributed by atoms with Crippen LogP contribution in [0.3, 0.4) is 0 Å². The second-order valence-electron chi connectivity index (χ2n) is 7.52. The molecule has 1 saturated heterocycles. The van der Waals surface area contributed by atoms with Crippen molar-refractivity contribution in [2.75, 3.05) is 11.5 Å². The Bertz CT molecular complexity index is 907. The number of thioether (sulfide) groups is 2. The SMILES string of the molecule is c1ccc(C2(c3ccccc3)SCCSC2(c2ccccc2)c2ccccc2)cc1. The first-order valence-corrected chi connectivity index (χ1v) is 12.3. The standard InChI is InChI=1S/C28H24S2/c1-5-13-23(14-6-1)27(24-15-7-2-8-16-24)28(30-22-21-29-27,25-17-9-3-10-18-25)26-19-11-4-12-20-26/h1-20H,21-22H2. The van der Waals surface area contributed by atoms with Crippen molar-refractivity contribution in [1.82, 2.24) is 0 Å². The molecule has 5 rings (SSSR count). The van der Waals surface area contributed by atoms with Crippen molar-refractivity contribution in [3.8, 4) is 0 Å². The van der Waals surface area contributed by atoms with Crippen molar-refractivity contribution in [2.24, 2.45) is 0 Å². The lowest BCUT2D eigenvalue weighted by molar-refractivity contribution is 0.580. The smallest absolute Gasteiger partial charge is 0.0885 e. The third-order valence-electron chi connectivity index (χ3n) is 5.94. The first-order valence-electron chi connectivity index (χ1n) is 10.4. The molecule has 1 fully saturated rings. The Kier molecular flexibility index (Phi) is 5.45. The van der Waals surface area contributed by atoms with Crippen molar-refractivity contribution in [2.45, 2.75) is 9.49 Å². The number of rotatable bonds is 4. The topological polar surface area (TPSA) is 0 Å². The minimum Gasteiger partial charge on any atom is -0.142 e. The number of hydrogen-bond donors (Lipinski definition) is 0. The van der Waals surface area contributed by atoms with Crippen LogP contribution in [0.2, 0.25) is 0 Å². The van der Waals surface area contributed by atoms with E-state index in [2.05, 4.69) is 145 Å². The lowest BCUT2D eigenvalue weighted by Crippen LogP contribution is -2.49. The molecule has 0 bridgehead atoms. The molecule has 0 aliphatic carbocycles. The molecule has 30 heavy (non-hydrogen) atoms. The fourth-order valence-corrected chi connectivity index (χ4v) is 8.49. The molecule has 1 aliphatic rings. The van der Waals surface area contributed by atoms with Crippen molar-refractivity contribution in [3.05, 3.63) is 144 Å². The molecule has 0 radical (unpaired) electrons. The maximum atomic E-state index is 2.31. The summed E-state index contributed by atoms with van der Waals surface area (Å²) in [7, 11) is 0. The van der Waals surface area contributed by atoms with E-state index < -0.39 is 0 Å². The molecule has 0 aromatic heterocycles. The summed E-state index contributed by atoms with van der Waals surface area (Å²) in [5, 5.41) is 0. The first-order chi connectivity index (χ1) is 14.9. The molecule has 148 valence electrons. The lowest BCUT2D eigenvalue weighted by Gasteiger charge is -2.54. The molecule has 1 aliphatic heterocycles. The van der Waals surface area contributed by atoms with Crippen LogP contribution in [0.25, 0.3) is 0 Å². The van der Waals surface area contributed by atoms with E-state index in [1.165, 1.54) is 22.3 Å². The van der Waals surface area contributed by atoms with Gasteiger partial charge < -0.3 is 0 Å². The van der Waals surface area contributed by atoms with Gasteiger partial charge in [-0.2, -0.15) is 0 Å². The van der Waals surface area contributed by atoms with Crippen LogP contribution >= 0.6 is 23.5 Å². The van der Waals surface area contributed by atoms with Crippen LogP contribution in [0.15, 0.2) is 121 Å². The van der Waals surface area contributed by atoms with E-state index in [0.29, 0.717) is 0 Å². The number of benzene rings is 4. The molecule has 0 spiro atoms. The zero-order chi connectivity index (χ0) is 20.3. The Labute approximate surface area is 187 Å². The van der Waals surface area contributed by atoms with Gasteiger partial charge in [0.15, 0.2) is 0 Å². The van der Waals surface area contributed by atoms with Gasteiger partial charge in [0.1, 0.15) is 0 Å². The van der Waals surface area contributed by atoms with Gasteiger partial charge >= 0.3 is 0 Å². The summed E-state index contributed by atoms with van der Waals surface area (Å²) < 4.78 is -0.470. The highest BCUT2D eigenvalue weighted by atomic mass is 32.2. The van der Waals surface area contributed by atoms with Crippen LogP contribution in [-0.2, 0) is 9.49 Å². The fraction of sp³-hybridized carbons (Fsp3) is 0.143. The van der Waals surface area contributed by atoms with Crippen molar-refractivity contribution in [3.63, 3.8) is 0 Å². The van der Waals surface area contributed by atoms with E-state index in [-0.39, 0.29) is 9.49 Å². The molecule has 0 amide bonds. The summed E-state index contributed by atoms with van der Waals surface area (Å²) in [6.45, 7) is 0. The van der Waals surface area contributed by atoms with Gasteiger partial charge in [-0.25, -0.2) is 0 Å². The highest BCUT2D eigenvalue weighted by Crippen LogP contribution is 2.66. The van der Waals surface area contributed by atoms with Gasteiger partial charge in [0.25, 0.3) is 0 Å². The summed E-state index contributed by atoms with van der Waals surface area (Å²) in [5.74, 6) is 2.24. The first kappa shape index (κ1) is 19.5. The van der Waals surface area contributed by atoms with Crippen LogP contribution in [0.5, 0.6) is 0 Å². The van der Waals surface area contributed by atoms with Gasteiger partial charge in [-0.15, -0.1) is 23.5 Å². The molecular weight excluding hydrogens is 400 g/mol. The van der Waals surface area contributed by atoms with Gasteiger partial charge in [0.05, 0.1) is 9.49 Å². The highest BCUT2D eigenvalue weighted by Gasteiger charge is 2.58. The minimum atomic E-state index is -0.235. The maximum Gasteiger partial charge on any atom is 0.0885 e. The molecule has 0 N–H and O–H groups in total. The van der Waals surface area contributed by atoms with Crippen molar-refractivity contribution in [1.29, 1.82) is 0 Å². The van der Waals surface area contributed by atoms with E-state index in [9.17, 15) is 0 Å².